The molecular formula is C25H31FN4O2. The molecule has 2 aromatic carbocycles. The minimum atomic E-state index is -0.254. The molecule has 6 nitrogen and oxygen atoms in total. The van der Waals surface area contributed by atoms with Crippen LogP contribution in [0, 0.1) is 5.82 Å². The smallest absolute Gasteiger partial charge is 0.239 e. The summed E-state index contributed by atoms with van der Waals surface area (Å²) in [7, 11) is 2.06. The molecule has 0 spiro atoms. The van der Waals surface area contributed by atoms with E-state index in [1.54, 1.807) is 12.1 Å². The highest BCUT2D eigenvalue weighted by molar-refractivity contribution is 5.83. The maximum Gasteiger partial charge on any atom is 0.239 e. The standard InChI is InChI=1S/C25H31FN4O2/c1-29-21(11-12-23(31)27-15-18-5-3-2-4-6-18)16-28-25(32)24-22(29)13-14-30(24)17-19-7-9-20(26)10-8-19/h2-10,21-22,24H,11-17H2,1H3,(H,27,31)(H,28,32)/t21-,22+,24-/m0/s1. The van der Waals surface area contributed by atoms with Crippen LogP contribution in [0.4, 0.5) is 4.39 Å². The van der Waals surface area contributed by atoms with Crippen molar-refractivity contribution in [1.82, 2.24) is 20.4 Å². The van der Waals surface area contributed by atoms with Crippen LogP contribution >= 0.6 is 0 Å². The number of nitrogens with one attached hydrogen (secondary N) is 2. The summed E-state index contributed by atoms with van der Waals surface area (Å²) < 4.78 is 13.2. The van der Waals surface area contributed by atoms with Gasteiger partial charge in [-0.3, -0.25) is 19.4 Å². The Hall–Kier alpha value is -2.77. The van der Waals surface area contributed by atoms with Crippen molar-refractivity contribution < 1.29 is 14.0 Å². The molecule has 0 bridgehead atoms. The molecule has 170 valence electrons. The van der Waals surface area contributed by atoms with Crippen molar-refractivity contribution in [3.8, 4) is 0 Å². The molecule has 3 atom stereocenters. The molecule has 32 heavy (non-hydrogen) atoms. The first-order chi connectivity index (χ1) is 15.5. The summed E-state index contributed by atoms with van der Waals surface area (Å²) in [5.41, 5.74) is 2.08. The third kappa shape index (κ3) is 5.34. The van der Waals surface area contributed by atoms with Gasteiger partial charge >= 0.3 is 0 Å². The van der Waals surface area contributed by atoms with E-state index in [4.69, 9.17) is 0 Å². The maximum atomic E-state index is 13.2. The molecular weight excluding hydrogens is 407 g/mol. The molecule has 2 saturated heterocycles. The van der Waals surface area contributed by atoms with Gasteiger partial charge < -0.3 is 10.6 Å². The van der Waals surface area contributed by atoms with Gasteiger partial charge in [0.15, 0.2) is 0 Å². The number of fused-ring (bicyclic) bond motifs is 1. The van der Waals surface area contributed by atoms with E-state index in [0.717, 1.165) is 24.1 Å². The van der Waals surface area contributed by atoms with Crippen LogP contribution in [0.15, 0.2) is 54.6 Å². The number of nitrogens with zero attached hydrogens (tertiary/aromatic N) is 2. The van der Waals surface area contributed by atoms with Crippen LogP contribution in [0.5, 0.6) is 0 Å². The Morgan fingerprint density at radius 3 is 2.62 bits per heavy atom. The Labute approximate surface area is 188 Å². The Morgan fingerprint density at radius 1 is 1.12 bits per heavy atom. The molecule has 2 aromatic rings. The molecule has 0 radical (unpaired) electrons. The number of hydrogen-bond donors (Lipinski definition) is 2. The molecule has 2 heterocycles. The third-order valence-electron chi connectivity index (χ3n) is 6.69. The van der Waals surface area contributed by atoms with Crippen LogP contribution in [0.1, 0.15) is 30.4 Å². The van der Waals surface area contributed by atoms with E-state index in [1.807, 2.05) is 30.3 Å². The van der Waals surface area contributed by atoms with Crippen LogP contribution in [0.2, 0.25) is 0 Å². The molecule has 2 aliphatic rings. The van der Waals surface area contributed by atoms with E-state index >= 15 is 0 Å². The van der Waals surface area contributed by atoms with Crippen molar-refractivity contribution in [1.29, 1.82) is 0 Å². The minimum absolute atomic E-state index is 0.0266. The second-order valence-electron chi connectivity index (χ2n) is 8.76. The first kappa shape index (κ1) is 22.4. The van der Waals surface area contributed by atoms with Crippen molar-refractivity contribution in [2.75, 3.05) is 20.1 Å². The average Bonchev–Trinajstić information content (AvgIpc) is 3.18. The van der Waals surface area contributed by atoms with Crippen molar-refractivity contribution in [3.63, 3.8) is 0 Å². The quantitative estimate of drug-likeness (QED) is 0.696. The van der Waals surface area contributed by atoms with Crippen molar-refractivity contribution >= 4 is 11.8 Å². The van der Waals surface area contributed by atoms with Gasteiger partial charge in [-0.1, -0.05) is 42.5 Å². The second-order valence-corrected chi connectivity index (χ2v) is 8.76. The highest BCUT2D eigenvalue weighted by Gasteiger charge is 2.44. The lowest BCUT2D eigenvalue weighted by Gasteiger charge is -2.33. The molecule has 2 aliphatic heterocycles. The molecule has 0 saturated carbocycles. The van der Waals surface area contributed by atoms with Gasteiger partial charge in [-0.05, 0) is 43.1 Å². The second kappa shape index (κ2) is 10.2. The molecule has 2 fully saturated rings. The number of likely N-dealkylation sites (N-methyl/N-ethyl adjacent to an activating group) is 1. The monoisotopic (exact) mass is 438 g/mol. The van der Waals surface area contributed by atoms with E-state index in [9.17, 15) is 14.0 Å². The topological polar surface area (TPSA) is 64.7 Å². The summed E-state index contributed by atoms with van der Waals surface area (Å²) in [4.78, 5) is 29.7. The molecule has 2 N–H and O–H groups in total. The summed E-state index contributed by atoms with van der Waals surface area (Å²) >= 11 is 0. The van der Waals surface area contributed by atoms with Gasteiger partial charge in [0.1, 0.15) is 11.9 Å². The summed E-state index contributed by atoms with van der Waals surface area (Å²) in [6, 6.07) is 16.3. The Balaban J connectivity index is 1.32. The highest BCUT2D eigenvalue weighted by Crippen LogP contribution is 2.28. The first-order valence-electron chi connectivity index (χ1n) is 11.3. The number of carbonyl (C=O) groups is 2. The van der Waals surface area contributed by atoms with Gasteiger partial charge in [0.25, 0.3) is 0 Å². The van der Waals surface area contributed by atoms with E-state index in [1.165, 1.54) is 12.1 Å². The maximum absolute atomic E-state index is 13.2. The van der Waals surface area contributed by atoms with Gasteiger partial charge in [0.05, 0.1) is 0 Å². The zero-order valence-electron chi connectivity index (χ0n) is 18.5. The molecule has 2 amide bonds. The average molecular weight is 439 g/mol. The van der Waals surface area contributed by atoms with Crippen molar-refractivity contribution in [2.24, 2.45) is 0 Å². The fourth-order valence-electron chi connectivity index (χ4n) is 4.83. The molecule has 7 heteroatoms. The number of hydrogen-bond acceptors (Lipinski definition) is 4. The largest absolute Gasteiger partial charge is 0.353 e. The van der Waals surface area contributed by atoms with Gasteiger partial charge in [-0.2, -0.15) is 0 Å². The van der Waals surface area contributed by atoms with E-state index in [2.05, 4.69) is 27.5 Å². The van der Waals surface area contributed by atoms with Crippen LogP contribution in [-0.4, -0.2) is 59.9 Å². The van der Waals surface area contributed by atoms with Gasteiger partial charge in [-0.25, -0.2) is 4.39 Å². The van der Waals surface area contributed by atoms with Crippen LogP contribution in [0.25, 0.3) is 0 Å². The summed E-state index contributed by atoms with van der Waals surface area (Å²) in [5, 5.41) is 6.07. The van der Waals surface area contributed by atoms with Crippen LogP contribution in [-0.2, 0) is 22.7 Å². The van der Waals surface area contributed by atoms with Crippen LogP contribution < -0.4 is 10.6 Å². The number of carbonyl (C=O) groups excluding carboxylic acids is 2. The Morgan fingerprint density at radius 2 is 1.88 bits per heavy atom. The SMILES string of the molecule is CN1[C@@H](CCC(=O)NCc2ccccc2)CNC(=O)[C@@H]2[C@H]1CCN2Cc1ccc(F)cc1. The molecule has 0 aromatic heterocycles. The molecule has 0 aliphatic carbocycles. The summed E-state index contributed by atoms with van der Waals surface area (Å²) in [6.45, 7) is 2.50. The molecule has 4 rings (SSSR count). The lowest BCUT2D eigenvalue weighted by Crippen LogP contribution is -2.49. The highest BCUT2D eigenvalue weighted by atomic mass is 19.1. The van der Waals surface area contributed by atoms with Gasteiger partial charge in [-0.15, -0.1) is 0 Å². The van der Waals surface area contributed by atoms with E-state index in [0.29, 0.717) is 32.5 Å². The zero-order valence-corrected chi connectivity index (χ0v) is 18.5. The van der Waals surface area contributed by atoms with Gasteiger partial charge in [0, 0.05) is 44.7 Å². The number of amides is 2. The third-order valence-corrected chi connectivity index (χ3v) is 6.69. The fraction of sp³-hybridized carbons (Fsp3) is 0.440. The summed E-state index contributed by atoms with van der Waals surface area (Å²) in [5.74, 6) is -0.188. The Kier molecular flexibility index (Phi) is 7.17. The van der Waals surface area contributed by atoms with E-state index in [-0.39, 0.29) is 35.8 Å². The fourth-order valence-corrected chi connectivity index (χ4v) is 4.83. The summed E-state index contributed by atoms with van der Waals surface area (Å²) in [6.07, 6.45) is 2.01. The lowest BCUT2D eigenvalue weighted by atomic mass is 10.0. The van der Waals surface area contributed by atoms with Crippen LogP contribution in [0.3, 0.4) is 0 Å². The minimum Gasteiger partial charge on any atom is -0.353 e. The number of halogens is 1. The van der Waals surface area contributed by atoms with E-state index < -0.39 is 0 Å². The predicted octanol–water partition coefficient (Wildman–Crippen LogP) is 2.30. The lowest BCUT2D eigenvalue weighted by molar-refractivity contribution is -0.126. The van der Waals surface area contributed by atoms with Gasteiger partial charge in [0.2, 0.25) is 11.8 Å². The number of benzene rings is 2. The zero-order chi connectivity index (χ0) is 22.5. The first-order valence-corrected chi connectivity index (χ1v) is 11.3. The Bertz CT molecular complexity index is 921. The number of rotatable bonds is 7. The number of likely N-dealkylation sites (tertiary alicyclic amines) is 1. The predicted molar refractivity (Wildman–Crippen MR) is 121 cm³/mol. The van der Waals surface area contributed by atoms with Crippen molar-refractivity contribution in [2.45, 2.75) is 50.5 Å². The molecule has 0 unspecified atom stereocenters. The normalized spacial score (nSPS) is 23.9. The van der Waals surface area contributed by atoms with Crippen molar-refractivity contribution in [3.05, 3.63) is 71.5 Å².